The second-order valence-electron chi connectivity index (χ2n) is 4.75. The lowest BCUT2D eigenvalue weighted by atomic mass is 10.2. The number of aryl methyl sites for hydroxylation is 1. The van der Waals surface area contributed by atoms with Gasteiger partial charge < -0.3 is 5.32 Å². The van der Waals surface area contributed by atoms with Gasteiger partial charge >= 0.3 is 0 Å². The highest BCUT2D eigenvalue weighted by Gasteiger charge is 2.27. The van der Waals surface area contributed by atoms with Gasteiger partial charge in [-0.25, -0.2) is 4.98 Å². The molecule has 0 fully saturated rings. The van der Waals surface area contributed by atoms with E-state index >= 15 is 0 Å². The molecule has 20 heavy (non-hydrogen) atoms. The number of fused-ring (bicyclic) bond motifs is 1. The summed E-state index contributed by atoms with van der Waals surface area (Å²) in [7, 11) is 0. The second-order valence-corrected chi connectivity index (χ2v) is 5.74. The van der Waals surface area contributed by atoms with Gasteiger partial charge in [-0.15, -0.1) is 6.58 Å². The van der Waals surface area contributed by atoms with Crippen molar-refractivity contribution in [3.63, 3.8) is 0 Å². The highest BCUT2D eigenvalue weighted by atomic mass is 32.2. The molecule has 1 unspecified atom stereocenters. The Bertz CT molecular complexity index is 568. The van der Waals surface area contributed by atoms with Gasteiger partial charge in [-0.1, -0.05) is 31.2 Å². The van der Waals surface area contributed by atoms with Gasteiger partial charge in [0, 0.05) is 30.5 Å². The Kier molecular flexibility index (Phi) is 5.00. The van der Waals surface area contributed by atoms with Crippen molar-refractivity contribution in [3.05, 3.63) is 34.8 Å². The first-order valence-electron chi connectivity index (χ1n) is 6.78. The van der Waals surface area contributed by atoms with E-state index in [1.54, 1.807) is 28.5 Å². The monoisotopic (exact) mass is 293 g/mol. The summed E-state index contributed by atoms with van der Waals surface area (Å²) >= 11 is 1.55. The molecule has 0 spiro atoms. The average molecular weight is 293 g/mol. The first-order chi connectivity index (χ1) is 9.65. The Morgan fingerprint density at radius 2 is 2.50 bits per heavy atom. The Hall–Kier alpha value is -1.56. The van der Waals surface area contributed by atoms with Gasteiger partial charge in [0.25, 0.3) is 5.56 Å². The summed E-state index contributed by atoms with van der Waals surface area (Å²) < 4.78 is 1.65. The molecule has 0 bridgehead atoms. The Morgan fingerprint density at radius 1 is 1.70 bits per heavy atom. The van der Waals surface area contributed by atoms with Gasteiger partial charge in [0.2, 0.25) is 5.91 Å². The standard InChI is InChI=1S/C14H19N3O2S/c1-3-5-10-7-13(19)17-11(9-20-14(17)16-10)8-12(18)15-6-4-2/h4,7,11H,2-3,5-6,8-9H2,1H3,(H,15,18). The lowest BCUT2D eigenvalue weighted by Gasteiger charge is -2.13. The second kappa shape index (κ2) is 6.74. The minimum atomic E-state index is -0.101. The molecule has 1 amide bonds. The van der Waals surface area contributed by atoms with Crippen molar-refractivity contribution in [2.75, 3.05) is 12.3 Å². The summed E-state index contributed by atoms with van der Waals surface area (Å²) in [5, 5.41) is 3.48. The van der Waals surface area contributed by atoms with Crippen molar-refractivity contribution in [1.29, 1.82) is 0 Å². The lowest BCUT2D eigenvalue weighted by Crippen LogP contribution is -2.30. The van der Waals surface area contributed by atoms with E-state index in [2.05, 4.69) is 23.8 Å². The summed E-state index contributed by atoms with van der Waals surface area (Å²) in [6.45, 7) is 6.07. The van der Waals surface area contributed by atoms with Gasteiger partial charge in [0.05, 0.1) is 6.04 Å². The molecule has 2 rings (SSSR count). The fourth-order valence-corrected chi connectivity index (χ4v) is 3.37. The largest absolute Gasteiger partial charge is 0.353 e. The van der Waals surface area contributed by atoms with E-state index in [-0.39, 0.29) is 17.5 Å². The minimum Gasteiger partial charge on any atom is -0.353 e. The topological polar surface area (TPSA) is 64.0 Å². The van der Waals surface area contributed by atoms with Crippen molar-refractivity contribution in [1.82, 2.24) is 14.9 Å². The van der Waals surface area contributed by atoms with E-state index in [9.17, 15) is 9.59 Å². The number of carbonyl (C=O) groups is 1. The molecular weight excluding hydrogens is 274 g/mol. The van der Waals surface area contributed by atoms with Crippen LogP contribution in [0.4, 0.5) is 0 Å². The number of nitrogens with zero attached hydrogens (tertiary/aromatic N) is 2. The van der Waals surface area contributed by atoms with E-state index in [0.717, 1.165) is 29.4 Å². The Labute approximate surface area is 122 Å². The summed E-state index contributed by atoms with van der Waals surface area (Å²) in [6.07, 6.45) is 3.73. The lowest BCUT2D eigenvalue weighted by molar-refractivity contribution is -0.121. The summed E-state index contributed by atoms with van der Waals surface area (Å²) in [6, 6.07) is 1.49. The third-order valence-corrected chi connectivity index (χ3v) is 4.21. The molecule has 108 valence electrons. The van der Waals surface area contributed by atoms with Gasteiger partial charge in [-0.05, 0) is 6.42 Å². The number of thioether (sulfide) groups is 1. The molecule has 0 radical (unpaired) electrons. The van der Waals surface area contributed by atoms with E-state index in [4.69, 9.17) is 0 Å². The van der Waals surface area contributed by atoms with Crippen LogP contribution < -0.4 is 10.9 Å². The maximum absolute atomic E-state index is 12.2. The fraction of sp³-hybridized carbons (Fsp3) is 0.500. The molecule has 1 atom stereocenters. The van der Waals surface area contributed by atoms with Crippen molar-refractivity contribution in [2.24, 2.45) is 0 Å². The van der Waals surface area contributed by atoms with Crippen LogP contribution in [0.15, 0.2) is 28.7 Å². The molecule has 1 aromatic heterocycles. The van der Waals surface area contributed by atoms with E-state index in [1.165, 1.54) is 0 Å². The molecular formula is C14H19N3O2S. The third kappa shape index (κ3) is 3.30. The fourth-order valence-electron chi connectivity index (χ4n) is 2.21. The average Bonchev–Trinajstić information content (AvgIpc) is 2.80. The van der Waals surface area contributed by atoms with Crippen LogP contribution in [0.25, 0.3) is 0 Å². The number of rotatable bonds is 6. The zero-order valence-electron chi connectivity index (χ0n) is 11.6. The van der Waals surface area contributed by atoms with Crippen LogP contribution in [0.1, 0.15) is 31.5 Å². The van der Waals surface area contributed by atoms with E-state index < -0.39 is 0 Å². The number of nitrogens with one attached hydrogen (secondary N) is 1. The molecule has 1 aliphatic rings. The van der Waals surface area contributed by atoms with Gasteiger partial charge in [-0.2, -0.15) is 0 Å². The highest BCUT2D eigenvalue weighted by Crippen LogP contribution is 2.31. The van der Waals surface area contributed by atoms with Crippen LogP contribution in [0.5, 0.6) is 0 Å². The summed E-state index contributed by atoms with van der Waals surface area (Å²) in [4.78, 5) is 28.4. The minimum absolute atomic E-state index is 0.0510. The van der Waals surface area contributed by atoms with Crippen LogP contribution in [-0.4, -0.2) is 27.8 Å². The molecule has 0 saturated heterocycles. The van der Waals surface area contributed by atoms with Crippen molar-refractivity contribution in [3.8, 4) is 0 Å². The molecule has 2 heterocycles. The number of hydrogen-bond donors (Lipinski definition) is 1. The first kappa shape index (κ1) is 14.8. The van der Waals surface area contributed by atoms with Crippen molar-refractivity contribution >= 4 is 17.7 Å². The Balaban J connectivity index is 2.14. The molecule has 1 aromatic rings. The maximum atomic E-state index is 12.2. The van der Waals surface area contributed by atoms with Crippen LogP contribution in [0.3, 0.4) is 0 Å². The van der Waals surface area contributed by atoms with Crippen LogP contribution in [0, 0.1) is 0 Å². The SMILES string of the molecule is C=CCNC(=O)CC1CSc2nc(CCC)cc(=O)n21. The molecule has 5 nitrogen and oxygen atoms in total. The Morgan fingerprint density at radius 3 is 3.20 bits per heavy atom. The number of carbonyl (C=O) groups excluding carboxylic acids is 1. The predicted molar refractivity (Wildman–Crippen MR) is 80.1 cm³/mol. The smallest absolute Gasteiger partial charge is 0.254 e. The molecule has 0 aromatic carbocycles. The van der Waals surface area contributed by atoms with Crippen LogP contribution >= 0.6 is 11.8 Å². The molecule has 6 heteroatoms. The van der Waals surface area contributed by atoms with Gasteiger partial charge in [0.15, 0.2) is 5.16 Å². The molecule has 0 aliphatic carbocycles. The number of hydrogen-bond acceptors (Lipinski definition) is 4. The number of amides is 1. The van der Waals surface area contributed by atoms with Crippen LogP contribution in [-0.2, 0) is 11.2 Å². The quantitative estimate of drug-likeness (QED) is 0.638. The molecule has 1 aliphatic heterocycles. The van der Waals surface area contributed by atoms with Gasteiger partial charge in [0.1, 0.15) is 0 Å². The zero-order chi connectivity index (χ0) is 14.5. The van der Waals surface area contributed by atoms with E-state index in [1.807, 2.05) is 0 Å². The molecule has 0 saturated carbocycles. The predicted octanol–water partition coefficient (Wildman–Crippen LogP) is 1.53. The van der Waals surface area contributed by atoms with Crippen molar-refractivity contribution < 1.29 is 4.79 Å². The first-order valence-corrected chi connectivity index (χ1v) is 7.77. The van der Waals surface area contributed by atoms with E-state index in [0.29, 0.717) is 13.0 Å². The number of aromatic nitrogens is 2. The normalized spacial score (nSPS) is 16.8. The molecule has 1 N–H and O–H groups in total. The van der Waals surface area contributed by atoms with Gasteiger partial charge in [-0.3, -0.25) is 14.2 Å². The van der Waals surface area contributed by atoms with Crippen LogP contribution in [0.2, 0.25) is 0 Å². The maximum Gasteiger partial charge on any atom is 0.254 e. The highest BCUT2D eigenvalue weighted by molar-refractivity contribution is 7.99. The summed E-state index contributed by atoms with van der Waals surface area (Å²) in [5.41, 5.74) is 0.790. The zero-order valence-corrected chi connectivity index (χ0v) is 12.4. The summed E-state index contributed by atoms with van der Waals surface area (Å²) in [5.74, 6) is 0.659. The third-order valence-electron chi connectivity index (χ3n) is 3.11. The van der Waals surface area contributed by atoms with Crippen molar-refractivity contribution in [2.45, 2.75) is 37.4 Å².